The molecule has 7 nitrogen and oxygen atoms in total. The zero-order valence-corrected chi connectivity index (χ0v) is 14.1. The lowest BCUT2D eigenvalue weighted by molar-refractivity contribution is -0.174. The number of nitrogens with two attached hydrogens (primary N) is 2. The Kier molecular flexibility index (Phi) is 3.74. The van der Waals surface area contributed by atoms with Crippen molar-refractivity contribution >= 4 is 29.4 Å². The third-order valence-electron chi connectivity index (χ3n) is 4.60. The zero-order valence-electron chi connectivity index (χ0n) is 13.3. The minimum atomic E-state index is -1.37. The van der Waals surface area contributed by atoms with E-state index in [0.29, 0.717) is 5.56 Å². The molecule has 2 aliphatic heterocycles. The van der Waals surface area contributed by atoms with Gasteiger partial charge < -0.3 is 10.8 Å². The van der Waals surface area contributed by atoms with Gasteiger partial charge in [-0.2, -0.15) is 0 Å². The fourth-order valence-electron chi connectivity index (χ4n) is 3.52. The number of carboxylic acids is 1. The highest BCUT2D eigenvalue weighted by Gasteiger charge is 2.73. The van der Waals surface area contributed by atoms with Crippen LogP contribution in [0.2, 0.25) is 0 Å². The molecular formula is C16H19N3O4S. The quantitative estimate of drug-likeness (QED) is 0.527. The summed E-state index contributed by atoms with van der Waals surface area (Å²) in [5.41, 5.74) is 12.9. The van der Waals surface area contributed by atoms with Crippen LogP contribution >= 0.6 is 11.8 Å². The van der Waals surface area contributed by atoms with Crippen molar-refractivity contribution < 1.29 is 19.5 Å². The third-order valence-corrected chi connectivity index (χ3v) is 6.11. The van der Waals surface area contributed by atoms with Crippen molar-refractivity contribution in [1.29, 1.82) is 0 Å². The smallest absolute Gasteiger partial charge is 0.327 e. The van der Waals surface area contributed by atoms with Gasteiger partial charge in [-0.25, -0.2) is 4.79 Å². The van der Waals surface area contributed by atoms with Crippen LogP contribution in [-0.4, -0.2) is 43.4 Å². The van der Waals surface area contributed by atoms with Crippen LogP contribution in [0, 0.1) is 5.92 Å². The SMILES string of the molecule is CC1(C)SC2(N)C(C(=O)C(N)c3ccccc3)C(=O)N2C1C(=O)O. The first-order chi connectivity index (χ1) is 11.1. The Morgan fingerprint density at radius 1 is 1.29 bits per heavy atom. The van der Waals surface area contributed by atoms with E-state index in [1.807, 2.05) is 0 Å². The van der Waals surface area contributed by atoms with E-state index in [2.05, 4.69) is 0 Å². The molecule has 24 heavy (non-hydrogen) atoms. The van der Waals surface area contributed by atoms with Gasteiger partial charge in [-0.05, 0) is 19.4 Å². The predicted octanol–water partition coefficient (Wildman–Crippen LogP) is 0.305. The molecule has 2 saturated heterocycles. The molecule has 5 N–H and O–H groups in total. The van der Waals surface area contributed by atoms with Crippen LogP contribution in [0.4, 0.5) is 0 Å². The number of ketones is 1. The summed E-state index contributed by atoms with van der Waals surface area (Å²) in [6.07, 6.45) is 0. The molecule has 0 radical (unpaired) electrons. The lowest BCUT2D eigenvalue weighted by Crippen LogP contribution is -2.76. The largest absolute Gasteiger partial charge is 0.480 e. The molecule has 4 unspecified atom stereocenters. The van der Waals surface area contributed by atoms with Crippen molar-refractivity contribution in [2.45, 2.75) is 35.7 Å². The fraction of sp³-hybridized carbons (Fsp3) is 0.438. The molecule has 0 saturated carbocycles. The Morgan fingerprint density at radius 3 is 2.42 bits per heavy atom. The zero-order chi connectivity index (χ0) is 17.9. The fourth-order valence-corrected chi connectivity index (χ4v) is 5.31. The molecule has 4 atom stereocenters. The maximum Gasteiger partial charge on any atom is 0.327 e. The minimum Gasteiger partial charge on any atom is -0.480 e. The summed E-state index contributed by atoms with van der Waals surface area (Å²) in [5.74, 6) is -3.33. The van der Waals surface area contributed by atoms with E-state index in [9.17, 15) is 19.5 Å². The van der Waals surface area contributed by atoms with Gasteiger partial charge >= 0.3 is 5.97 Å². The van der Waals surface area contributed by atoms with E-state index < -0.39 is 45.4 Å². The number of rotatable bonds is 4. The lowest BCUT2D eigenvalue weighted by atomic mass is 9.81. The summed E-state index contributed by atoms with van der Waals surface area (Å²) in [4.78, 5) is 36.6. The molecule has 128 valence electrons. The number of carbonyl (C=O) groups is 3. The second-order valence-electron chi connectivity index (χ2n) is 6.63. The molecule has 0 aromatic heterocycles. The summed E-state index contributed by atoms with van der Waals surface area (Å²) < 4.78 is -0.803. The topological polar surface area (TPSA) is 127 Å². The molecule has 0 aliphatic carbocycles. The number of amides is 1. The van der Waals surface area contributed by atoms with Gasteiger partial charge in [-0.3, -0.25) is 20.2 Å². The van der Waals surface area contributed by atoms with Gasteiger partial charge in [-0.15, -0.1) is 11.8 Å². The first-order valence-corrected chi connectivity index (χ1v) is 8.32. The number of hydrogen-bond acceptors (Lipinski definition) is 6. The van der Waals surface area contributed by atoms with Gasteiger partial charge in [0.25, 0.3) is 0 Å². The second-order valence-corrected chi connectivity index (χ2v) is 8.54. The number of hydrogen-bond donors (Lipinski definition) is 3. The summed E-state index contributed by atoms with van der Waals surface area (Å²) in [6, 6.07) is 6.67. The Bertz CT molecular complexity index is 723. The summed E-state index contributed by atoms with van der Waals surface area (Å²) >= 11 is 1.13. The van der Waals surface area contributed by atoms with Crippen molar-refractivity contribution in [1.82, 2.24) is 4.90 Å². The van der Waals surface area contributed by atoms with E-state index in [4.69, 9.17) is 11.5 Å². The van der Waals surface area contributed by atoms with Gasteiger partial charge in [-0.1, -0.05) is 30.3 Å². The average Bonchev–Trinajstić information content (AvgIpc) is 2.70. The molecule has 1 aromatic rings. The molecule has 0 spiro atoms. The third kappa shape index (κ3) is 2.17. The van der Waals surface area contributed by atoms with E-state index in [1.54, 1.807) is 44.2 Å². The Labute approximate surface area is 143 Å². The standard InChI is InChI=1S/C16H19N3O4S/c1-15(2)12(14(22)23)19-13(21)9(16(19,18)24-15)11(20)10(17)8-6-4-3-5-7-8/h3-7,9-10,12H,17-18H2,1-2H3,(H,22,23). The van der Waals surface area contributed by atoms with Crippen LogP contribution in [0.15, 0.2) is 30.3 Å². The molecule has 2 heterocycles. The lowest BCUT2D eigenvalue weighted by Gasteiger charge is -2.50. The molecule has 1 amide bonds. The minimum absolute atomic E-state index is 0.487. The molecule has 0 bridgehead atoms. The van der Waals surface area contributed by atoms with Crippen LogP contribution < -0.4 is 11.5 Å². The van der Waals surface area contributed by atoms with Gasteiger partial charge in [0.1, 0.15) is 12.0 Å². The van der Waals surface area contributed by atoms with Gasteiger partial charge in [0.2, 0.25) is 5.91 Å². The predicted molar refractivity (Wildman–Crippen MR) is 88.7 cm³/mol. The van der Waals surface area contributed by atoms with Crippen LogP contribution in [0.25, 0.3) is 0 Å². The Hall–Kier alpha value is -1.90. The molecule has 2 fully saturated rings. The number of β-lactam (4-membered cyclic amide) rings is 1. The van der Waals surface area contributed by atoms with Crippen molar-refractivity contribution in [2.24, 2.45) is 17.4 Å². The highest BCUT2D eigenvalue weighted by atomic mass is 32.2. The van der Waals surface area contributed by atoms with Crippen LogP contribution in [0.1, 0.15) is 25.5 Å². The number of benzene rings is 1. The van der Waals surface area contributed by atoms with Crippen LogP contribution in [0.3, 0.4) is 0 Å². The number of Topliss-reactive ketones (excluding diaryl/α,β-unsaturated/α-hetero) is 1. The molecular weight excluding hydrogens is 330 g/mol. The van der Waals surface area contributed by atoms with Crippen molar-refractivity contribution in [3.8, 4) is 0 Å². The average molecular weight is 349 g/mol. The summed E-state index contributed by atoms with van der Waals surface area (Å²) in [7, 11) is 0. The highest BCUT2D eigenvalue weighted by molar-refractivity contribution is 8.02. The first-order valence-electron chi connectivity index (χ1n) is 7.50. The normalized spacial score (nSPS) is 32.0. The number of carbonyl (C=O) groups excluding carboxylic acids is 2. The van der Waals surface area contributed by atoms with E-state index in [1.165, 1.54) is 0 Å². The number of nitrogens with zero attached hydrogens (tertiary/aromatic N) is 1. The number of carboxylic acid groups (broad SMARTS) is 1. The second kappa shape index (κ2) is 5.30. The molecule has 1 aromatic carbocycles. The molecule has 2 aliphatic rings. The number of aliphatic carboxylic acids is 1. The van der Waals surface area contributed by atoms with Gasteiger partial charge in [0, 0.05) is 4.75 Å². The van der Waals surface area contributed by atoms with Crippen molar-refractivity contribution in [3.63, 3.8) is 0 Å². The summed E-state index contributed by atoms with van der Waals surface area (Å²) in [5, 5.41) is 9.44. The summed E-state index contributed by atoms with van der Waals surface area (Å²) in [6.45, 7) is 3.41. The maximum atomic E-state index is 12.8. The maximum absolute atomic E-state index is 12.8. The van der Waals surface area contributed by atoms with Crippen molar-refractivity contribution in [2.75, 3.05) is 0 Å². The monoisotopic (exact) mass is 349 g/mol. The van der Waals surface area contributed by atoms with Crippen molar-refractivity contribution in [3.05, 3.63) is 35.9 Å². The van der Waals surface area contributed by atoms with Gasteiger partial charge in [0.05, 0.1) is 6.04 Å². The Morgan fingerprint density at radius 2 is 1.88 bits per heavy atom. The molecule has 3 rings (SSSR count). The van der Waals surface area contributed by atoms with E-state index in [0.717, 1.165) is 16.7 Å². The number of fused-ring (bicyclic) bond motifs is 1. The van der Waals surface area contributed by atoms with Crippen LogP contribution in [-0.2, 0) is 14.4 Å². The van der Waals surface area contributed by atoms with Crippen LogP contribution in [0.5, 0.6) is 0 Å². The molecule has 8 heteroatoms. The van der Waals surface area contributed by atoms with E-state index in [-0.39, 0.29) is 0 Å². The first kappa shape index (κ1) is 16.9. The highest BCUT2D eigenvalue weighted by Crippen LogP contribution is 2.58. The Balaban J connectivity index is 1.91. The van der Waals surface area contributed by atoms with Gasteiger partial charge in [0.15, 0.2) is 10.8 Å². The van der Waals surface area contributed by atoms with E-state index >= 15 is 0 Å². The number of thioether (sulfide) groups is 1.